The normalized spacial score (nSPS) is 15.6. The van der Waals surface area contributed by atoms with Gasteiger partial charge in [0.2, 0.25) is 6.79 Å². The van der Waals surface area contributed by atoms with E-state index in [-0.39, 0.29) is 43.1 Å². The lowest BCUT2D eigenvalue weighted by molar-refractivity contribution is -0.384. The van der Waals surface area contributed by atoms with Crippen LogP contribution in [0.1, 0.15) is 11.1 Å². The van der Waals surface area contributed by atoms with Gasteiger partial charge in [-0.05, 0) is 23.3 Å². The molecule has 2 aromatic carbocycles. The number of carbonyl (C=O) groups is 1. The van der Waals surface area contributed by atoms with E-state index in [0.717, 1.165) is 49.8 Å². The summed E-state index contributed by atoms with van der Waals surface area (Å²) in [5, 5.41) is 10.7. The third-order valence-corrected chi connectivity index (χ3v) is 5.26. The second-order valence-electron chi connectivity index (χ2n) is 7.38. The zero-order valence-corrected chi connectivity index (χ0v) is 18.5. The number of ether oxygens (including phenoxy) is 2. The molecule has 0 saturated carbocycles. The van der Waals surface area contributed by atoms with Gasteiger partial charge in [0.25, 0.3) is 5.69 Å². The summed E-state index contributed by atoms with van der Waals surface area (Å²) < 4.78 is 10.8. The van der Waals surface area contributed by atoms with Gasteiger partial charge >= 0.3 is 0 Å². The molecule has 2 aliphatic heterocycles. The van der Waals surface area contributed by atoms with Crippen LogP contribution in [0.3, 0.4) is 0 Å². The lowest BCUT2D eigenvalue weighted by Crippen LogP contribution is -2.47. The van der Waals surface area contributed by atoms with E-state index < -0.39 is 4.92 Å². The molecule has 4 rings (SSSR count). The van der Waals surface area contributed by atoms with Crippen molar-refractivity contribution in [2.45, 2.75) is 13.0 Å². The lowest BCUT2D eigenvalue weighted by Gasteiger charge is -2.34. The van der Waals surface area contributed by atoms with Gasteiger partial charge in [-0.15, -0.1) is 24.8 Å². The van der Waals surface area contributed by atoms with Crippen LogP contribution in [-0.2, 0) is 17.8 Å². The Morgan fingerprint density at radius 2 is 1.52 bits per heavy atom. The topological polar surface area (TPSA) is 85.2 Å². The number of fused-ring (bicyclic) bond motifs is 1. The number of benzene rings is 2. The molecule has 10 heteroatoms. The smallest absolute Gasteiger partial charge is 0.269 e. The van der Waals surface area contributed by atoms with Crippen LogP contribution in [0, 0.1) is 10.1 Å². The number of rotatable bonds is 7. The Hall–Kier alpha value is -2.39. The number of nitro groups is 1. The van der Waals surface area contributed by atoms with Crippen LogP contribution in [0.4, 0.5) is 5.69 Å². The summed E-state index contributed by atoms with van der Waals surface area (Å²) in [5.41, 5.74) is 2.04. The maximum Gasteiger partial charge on any atom is 0.269 e. The van der Waals surface area contributed by atoms with Crippen LogP contribution in [0.2, 0.25) is 0 Å². The highest BCUT2D eigenvalue weighted by atomic mass is 35.5. The summed E-state index contributed by atoms with van der Waals surface area (Å²) in [6.07, 6.45) is 0.301. The Bertz CT molecular complexity index is 902. The van der Waals surface area contributed by atoms with Gasteiger partial charge in [-0.25, -0.2) is 0 Å². The monoisotopic (exact) mass is 469 g/mol. The number of nitro benzene ring substituents is 1. The fourth-order valence-corrected chi connectivity index (χ4v) is 3.67. The highest BCUT2D eigenvalue weighted by Crippen LogP contribution is 2.32. The van der Waals surface area contributed by atoms with Crippen molar-refractivity contribution in [3.05, 3.63) is 63.7 Å². The van der Waals surface area contributed by atoms with Crippen LogP contribution in [0.25, 0.3) is 0 Å². The van der Waals surface area contributed by atoms with Gasteiger partial charge in [-0.3, -0.25) is 24.7 Å². The molecule has 31 heavy (non-hydrogen) atoms. The van der Waals surface area contributed by atoms with Crippen LogP contribution in [0.5, 0.6) is 11.5 Å². The van der Waals surface area contributed by atoms with E-state index in [0.29, 0.717) is 13.0 Å². The molecule has 1 fully saturated rings. The highest BCUT2D eigenvalue weighted by Gasteiger charge is 2.20. The molecular weight excluding hydrogens is 445 g/mol. The summed E-state index contributed by atoms with van der Waals surface area (Å²) in [4.78, 5) is 27.2. The summed E-state index contributed by atoms with van der Waals surface area (Å²) in [6.45, 7) is 5.03. The van der Waals surface area contributed by atoms with Crippen LogP contribution in [0.15, 0.2) is 42.5 Å². The van der Waals surface area contributed by atoms with E-state index in [2.05, 4.69) is 15.9 Å². The molecule has 0 aromatic heterocycles. The molecule has 2 aromatic rings. The Balaban J connectivity index is 0.00000171. The number of hydrogen-bond donors (Lipinski definition) is 0. The third-order valence-electron chi connectivity index (χ3n) is 5.26. The van der Waals surface area contributed by atoms with E-state index in [4.69, 9.17) is 9.47 Å². The lowest BCUT2D eigenvalue weighted by atomic mass is 10.1. The van der Waals surface area contributed by atoms with Crippen LogP contribution < -0.4 is 9.47 Å². The Morgan fingerprint density at radius 3 is 2.19 bits per heavy atom. The first-order chi connectivity index (χ1) is 14.1. The van der Waals surface area contributed by atoms with Crippen molar-refractivity contribution in [1.82, 2.24) is 9.80 Å². The predicted octanol–water partition coefficient (Wildman–Crippen LogP) is 3.10. The Kier molecular flexibility index (Phi) is 9.06. The molecule has 0 N–H and O–H groups in total. The largest absolute Gasteiger partial charge is 0.454 e. The second-order valence-corrected chi connectivity index (χ2v) is 7.38. The maximum atomic E-state index is 12.4. The molecule has 168 valence electrons. The molecule has 2 aliphatic rings. The average Bonchev–Trinajstić information content (AvgIpc) is 3.18. The van der Waals surface area contributed by atoms with Gasteiger partial charge in [0, 0.05) is 51.3 Å². The summed E-state index contributed by atoms with van der Waals surface area (Å²) in [7, 11) is 0. The third kappa shape index (κ3) is 6.54. The molecule has 0 amide bonds. The maximum absolute atomic E-state index is 12.4. The van der Waals surface area contributed by atoms with Crippen molar-refractivity contribution >= 4 is 36.3 Å². The number of hydrogen-bond acceptors (Lipinski definition) is 7. The van der Waals surface area contributed by atoms with Crippen molar-refractivity contribution in [3.8, 4) is 11.5 Å². The van der Waals surface area contributed by atoms with Gasteiger partial charge in [0.1, 0.15) is 0 Å². The SMILES string of the molecule is Cl.Cl.O=C(Cc1ccc([N+](=O)[O-])cc1)CN1CCN(Cc2ccc3c(c2)OCO3)CC1. The average molecular weight is 470 g/mol. The van der Waals surface area contributed by atoms with Gasteiger partial charge in [-0.1, -0.05) is 18.2 Å². The summed E-state index contributed by atoms with van der Waals surface area (Å²) in [6, 6.07) is 12.2. The molecule has 0 radical (unpaired) electrons. The Labute approximate surface area is 193 Å². The minimum Gasteiger partial charge on any atom is -0.454 e. The molecule has 0 aliphatic carbocycles. The molecule has 0 spiro atoms. The fraction of sp³-hybridized carbons (Fsp3) is 0.381. The van der Waals surface area contributed by atoms with Gasteiger partial charge in [0.05, 0.1) is 11.5 Å². The molecular formula is C21H25Cl2N3O5. The first-order valence-corrected chi connectivity index (χ1v) is 9.65. The van der Waals surface area contributed by atoms with E-state index >= 15 is 0 Å². The number of nitrogens with zero attached hydrogens (tertiary/aromatic N) is 3. The zero-order valence-electron chi connectivity index (χ0n) is 16.9. The van der Waals surface area contributed by atoms with Crippen molar-refractivity contribution in [3.63, 3.8) is 0 Å². The van der Waals surface area contributed by atoms with E-state index in [1.54, 1.807) is 12.1 Å². The summed E-state index contributed by atoms with van der Waals surface area (Å²) in [5.74, 6) is 1.73. The van der Waals surface area contributed by atoms with Crippen LogP contribution >= 0.6 is 24.8 Å². The first-order valence-electron chi connectivity index (χ1n) is 9.65. The minimum absolute atomic E-state index is 0. The molecule has 0 atom stereocenters. The molecule has 2 heterocycles. The van der Waals surface area contributed by atoms with Crippen molar-refractivity contribution in [2.24, 2.45) is 0 Å². The molecule has 8 nitrogen and oxygen atoms in total. The number of halogens is 2. The van der Waals surface area contributed by atoms with Crippen molar-refractivity contribution < 1.29 is 19.2 Å². The summed E-state index contributed by atoms with van der Waals surface area (Å²) >= 11 is 0. The van der Waals surface area contributed by atoms with Crippen molar-refractivity contribution in [1.29, 1.82) is 0 Å². The fourth-order valence-electron chi connectivity index (χ4n) is 3.67. The van der Waals surface area contributed by atoms with E-state index in [1.165, 1.54) is 17.7 Å². The van der Waals surface area contributed by atoms with Gasteiger partial charge < -0.3 is 9.47 Å². The second kappa shape index (κ2) is 11.3. The Morgan fingerprint density at radius 1 is 0.903 bits per heavy atom. The highest BCUT2D eigenvalue weighted by molar-refractivity contribution is 5.85. The quantitative estimate of drug-likeness (QED) is 0.454. The van der Waals surface area contributed by atoms with Gasteiger partial charge in [0.15, 0.2) is 17.3 Å². The van der Waals surface area contributed by atoms with E-state index in [1.807, 2.05) is 12.1 Å². The number of non-ortho nitro benzene ring substituents is 1. The first kappa shape index (κ1) is 24.9. The predicted molar refractivity (Wildman–Crippen MR) is 121 cm³/mol. The molecule has 0 bridgehead atoms. The number of Topliss-reactive ketones (excluding diaryl/α,β-unsaturated/α-hetero) is 1. The van der Waals surface area contributed by atoms with Crippen molar-refractivity contribution in [2.75, 3.05) is 39.5 Å². The number of piperazine rings is 1. The number of ketones is 1. The standard InChI is InChI=1S/C21H23N3O5.2ClH/c25-19(11-16-1-4-18(5-2-16)24(26)27)14-23-9-7-22(8-10-23)13-17-3-6-20-21(12-17)29-15-28-20;;/h1-6,12H,7-11,13-15H2;2*1H. The molecule has 1 saturated heterocycles. The molecule has 0 unspecified atom stereocenters. The van der Waals surface area contributed by atoms with E-state index in [9.17, 15) is 14.9 Å². The van der Waals surface area contributed by atoms with Crippen LogP contribution in [-0.4, -0.2) is 60.0 Å². The number of carbonyl (C=O) groups excluding carboxylic acids is 1. The minimum atomic E-state index is -0.436. The van der Waals surface area contributed by atoms with Gasteiger partial charge in [-0.2, -0.15) is 0 Å². The zero-order chi connectivity index (χ0) is 20.2.